The van der Waals surface area contributed by atoms with E-state index in [1.807, 2.05) is 24.3 Å². The number of carbonyl (C=O) groups excluding carboxylic acids is 4. The summed E-state index contributed by atoms with van der Waals surface area (Å²) in [4.78, 5) is 51.7. The van der Waals surface area contributed by atoms with Gasteiger partial charge in [-0.2, -0.15) is 0 Å². The fourth-order valence-corrected chi connectivity index (χ4v) is 4.79. The quantitative estimate of drug-likeness (QED) is 0.0732. The number of halogens is 1. The second-order valence-corrected chi connectivity index (χ2v) is 11.7. The molecule has 2 aromatic carbocycles. The van der Waals surface area contributed by atoms with Crippen molar-refractivity contribution in [1.82, 2.24) is 0 Å². The molecule has 9 heteroatoms. The predicted molar refractivity (Wildman–Crippen MR) is 173 cm³/mol. The monoisotopic (exact) mass is 674 g/mol. The van der Waals surface area contributed by atoms with Gasteiger partial charge in [0.2, 0.25) is 5.75 Å². The van der Waals surface area contributed by atoms with Crippen molar-refractivity contribution in [3.05, 3.63) is 52.0 Å². The summed E-state index contributed by atoms with van der Waals surface area (Å²) < 4.78 is 23.3. The van der Waals surface area contributed by atoms with Crippen LogP contribution in [0, 0.1) is 0 Å². The van der Waals surface area contributed by atoms with Gasteiger partial charge in [0.05, 0.1) is 5.56 Å². The van der Waals surface area contributed by atoms with Crippen molar-refractivity contribution in [2.75, 3.05) is 0 Å². The molecule has 0 bridgehead atoms. The molecule has 0 saturated carbocycles. The smallest absolute Gasteiger partial charge is 0.338 e. The molecule has 0 aliphatic carbocycles. The SMILES string of the molecule is CCCCCCC(=O)Oc1cc(C(=O)OCc2ccccc2Br)cc(OC(=O)CCCCCC)c1OC(=O)CCCCCC. The van der Waals surface area contributed by atoms with Gasteiger partial charge < -0.3 is 18.9 Å². The minimum atomic E-state index is -0.723. The Hall–Kier alpha value is -3.20. The van der Waals surface area contributed by atoms with E-state index in [0.29, 0.717) is 19.3 Å². The summed E-state index contributed by atoms with van der Waals surface area (Å²) in [7, 11) is 0. The molecule has 0 aromatic heterocycles. The van der Waals surface area contributed by atoms with Crippen LogP contribution >= 0.6 is 15.9 Å². The van der Waals surface area contributed by atoms with Gasteiger partial charge >= 0.3 is 23.9 Å². The molecule has 242 valence electrons. The van der Waals surface area contributed by atoms with Crippen LogP contribution in [0.3, 0.4) is 0 Å². The molecule has 0 amide bonds. The Morgan fingerprint density at radius 1 is 0.614 bits per heavy atom. The van der Waals surface area contributed by atoms with Gasteiger partial charge in [0, 0.05) is 29.3 Å². The topological polar surface area (TPSA) is 105 Å². The van der Waals surface area contributed by atoms with Crippen LogP contribution in [0.4, 0.5) is 0 Å². The number of esters is 4. The second-order valence-electron chi connectivity index (χ2n) is 10.8. The highest BCUT2D eigenvalue weighted by Gasteiger charge is 2.25. The summed E-state index contributed by atoms with van der Waals surface area (Å²) in [6.07, 6.45) is 11.0. The molecule has 8 nitrogen and oxygen atoms in total. The first kappa shape index (κ1) is 37.0. The van der Waals surface area contributed by atoms with E-state index in [9.17, 15) is 19.2 Å². The number of hydrogen-bond acceptors (Lipinski definition) is 8. The number of hydrogen-bond donors (Lipinski definition) is 0. The zero-order valence-corrected chi connectivity index (χ0v) is 28.0. The predicted octanol–water partition coefficient (Wildman–Crippen LogP) is 9.43. The van der Waals surface area contributed by atoms with E-state index in [1.165, 1.54) is 12.1 Å². The molecule has 0 heterocycles. The third-order valence-corrected chi connectivity index (χ3v) is 7.71. The lowest BCUT2D eigenvalue weighted by Crippen LogP contribution is -2.16. The van der Waals surface area contributed by atoms with Crippen molar-refractivity contribution in [2.24, 2.45) is 0 Å². The minimum absolute atomic E-state index is 0.0117. The maximum absolute atomic E-state index is 13.2. The molecule has 0 aliphatic heterocycles. The minimum Gasteiger partial charge on any atom is -0.457 e. The van der Waals surface area contributed by atoms with Crippen LogP contribution in [0.1, 0.15) is 133 Å². The molecular formula is C35H47BrO8. The van der Waals surface area contributed by atoms with E-state index in [-0.39, 0.29) is 48.7 Å². The van der Waals surface area contributed by atoms with Crippen molar-refractivity contribution in [2.45, 2.75) is 124 Å². The average molecular weight is 676 g/mol. The van der Waals surface area contributed by atoms with Crippen LogP contribution in [0.5, 0.6) is 17.2 Å². The first-order chi connectivity index (χ1) is 21.3. The van der Waals surface area contributed by atoms with Crippen molar-refractivity contribution < 1.29 is 38.1 Å². The molecule has 0 spiro atoms. The van der Waals surface area contributed by atoms with Crippen LogP contribution in [-0.4, -0.2) is 23.9 Å². The van der Waals surface area contributed by atoms with Crippen LogP contribution in [0.2, 0.25) is 0 Å². The van der Waals surface area contributed by atoms with E-state index in [2.05, 4.69) is 36.7 Å². The van der Waals surface area contributed by atoms with Gasteiger partial charge in [-0.1, -0.05) is 113 Å². The summed E-state index contributed by atoms with van der Waals surface area (Å²) in [5.41, 5.74) is 0.745. The van der Waals surface area contributed by atoms with E-state index >= 15 is 0 Å². The lowest BCUT2D eigenvalue weighted by atomic mass is 10.1. The van der Waals surface area contributed by atoms with E-state index in [0.717, 1.165) is 67.8 Å². The zero-order valence-electron chi connectivity index (χ0n) is 26.4. The Balaban J connectivity index is 2.40. The lowest BCUT2D eigenvalue weighted by Gasteiger charge is -2.17. The van der Waals surface area contributed by atoms with Crippen molar-refractivity contribution >= 4 is 39.8 Å². The standard InChI is InChI=1S/C35H47BrO8/c1-4-7-10-13-20-31(37)42-29-23-27(35(40)41-25-26-18-16-17-19-28(26)36)24-30(43-32(38)21-14-11-8-5-2)34(29)44-33(39)22-15-12-9-6-3/h16-19,23-24H,4-15,20-22,25H2,1-3H3. The van der Waals surface area contributed by atoms with Gasteiger partial charge in [-0.15, -0.1) is 0 Å². The van der Waals surface area contributed by atoms with Gasteiger partial charge in [-0.05, 0) is 37.5 Å². The molecule has 0 radical (unpaired) electrons. The largest absolute Gasteiger partial charge is 0.457 e. The molecule has 0 saturated heterocycles. The van der Waals surface area contributed by atoms with E-state index < -0.39 is 23.9 Å². The molecule has 0 unspecified atom stereocenters. The lowest BCUT2D eigenvalue weighted by molar-refractivity contribution is -0.138. The van der Waals surface area contributed by atoms with Crippen LogP contribution in [0.25, 0.3) is 0 Å². The van der Waals surface area contributed by atoms with Crippen molar-refractivity contribution in [3.63, 3.8) is 0 Å². The second kappa shape index (κ2) is 21.5. The molecule has 0 atom stereocenters. The highest BCUT2D eigenvalue weighted by Crippen LogP contribution is 2.40. The Kier molecular flexibility index (Phi) is 18.1. The van der Waals surface area contributed by atoms with Crippen molar-refractivity contribution in [1.29, 1.82) is 0 Å². The number of carbonyl (C=O) groups is 4. The number of ether oxygens (including phenoxy) is 4. The van der Waals surface area contributed by atoms with E-state index in [4.69, 9.17) is 18.9 Å². The Morgan fingerprint density at radius 2 is 1.07 bits per heavy atom. The van der Waals surface area contributed by atoms with Crippen molar-refractivity contribution in [3.8, 4) is 17.2 Å². The summed E-state index contributed by atoms with van der Waals surface area (Å²) in [6, 6.07) is 9.93. The fourth-order valence-electron chi connectivity index (χ4n) is 4.39. The average Bonchev–Trinajstić information content (AvgIpc) is 3.00. The number of benzene rings is 2. The summed E-state index contributed by atoms with van der Waals surface area (Å²) >= 11 is 3.44. The maximum Gasteiger partial charge on any atom is 0.338 e. The molecule has 0 N–H and O–H groups in total. The highest BCUT2D eigenvalue weighted by molar-refractivity contribution is 9.10. The molecular weight excluding hydrogens is 628 g/mol. The maximum atomic E-state index is 13.2. The third kappa shape index (κ3) is 14.1. The van der Waals surface area contributed by atoms with Gasteiger partial charge in [0.1, 0.15) is 6.61 Å². The Labute approximate surface area is 270 Å². The molecule has 0 aliphatic rings. The normalized spacial score (nSPS) is 10.7. The molecule has 0 fully saturated rings. The molecule has 2 rings (SSSR count). The Bertz CT molecular complexity index is 1160. The van der Waals surface area contributed by atoms with Gasteiger partial charge in [0.25, 0.3) is 0 Å². The molecule has 2 aromatic rings. The first-order valence-corrected chi connectivity index (χ1v) is 16.8. The Morgan fingerprint density at radius 3 is 1.52 bits per heavy atom. The zero-order chi connectivity index (χ0) is 32.2. The first-order valence-electron chi connectivity index (χ1n) is 16.0. The van der Waals surface area contributed by atoms with Crippen LogP contribution < -0.4 is 14.2 Å². The molecule has 44 heavy (non-hydrogen) atoms. The number of unbranched alkanes of at least 4 members (excludes halogenated alkanes) is 9. The highest BCUT2D eigenvalue weighted by atomic mass is 79.9. The summed E-state index contributed by atoms with van der Waals surface area (Å²) in [6.45, 7) is 6.22. The van der Waals surface area contributed by atoms with Gasteiger partial charge in [0.15, 0.2) is 11.5 Å². The summed E-state index contributed by atoms with van der Waals surface area (Å²) in [5, 5.41) is 0. The fraction of sp³-hybridized carbons (Fsp3) is 0.543. The van der Waals surface area contributed by atoms with Gasteiger partial charge in [-0.3, -0.25) is 14.4 Å². The van der Waals surface area contributed by atoms with Gasteiger partial charge in [-0.25, -0.2) is 4.79 Å². The van der Waals surface area contributed by atoms with E-state index in [1.54, 1.807) is 0 Å². The summed E-state index contributed by atoms with van der Waals surface area (Å²) in [5.74, 6) is -2.90. The van der Waals surface area contributed by atoms with Crippen LogP contribution in [0.15, 0.2) is 40.9 Å². The number of rotatable bonds is 21. The van der Waals surface area contributed by atoms with Crippen LogP contribution in [-0.2, 0) is 25.7 Å². The third-order valence-electron chi connectivity index (χ3n) is 6.94.